The van der Waals surface area contributed by atoms with E-state index in [4.69, 9.17) is 0 Å². The lowest BCUT2D eigenvalue weighted by Gasteiger charge is -2.32. The topological polar surface area (TPSA) is 53.2 Å². The Balaban J connectivity index is 1.72. The van der Waals surface area contributed by atoms with E-state index < -0.39 is 0 Å². The van der Waals surface area contributed by atoms with Crippen LogP contribution >= 0.6 is 0 Å². The minimum atomic E-state index is -0.0586. The number of likely N-dealkylation sites (tertiary alicyclic amines) is 1. The van der Waals surface area contributed by atoms with Gasteiger partial charge in [-0.3, -0.25) is 9.59 Å². The van der Waals surface area contributed by atoms with Crippen molar-refractivity contribution in [2.45, 2.75) is 39.5 Å². The zero-order valence-corrected chi connectivity index (χ0v) is 14.6. The molecule has 0 radical (unpaired) electrons. The van der Waals surface area contributed by atoms with Crippen LogP contribution in [-0.2, 0) is 0 Å². The van der Waals surface area contributed by atoms with Crippen molar-refractivity contribution in [3.05, 3.63) is 68.6 Å². The van der Waals surface area contributed by atoms with Crippen LogP contribution in [0.1, 0.15) is 51.4 Å². The molecule has 1 fully saturated rings. The molecule has 0 spiro atoms. The molecule has 0 atom stereocenters. The number of pyridine rings is 1. The molecule has 0 bridgehead atoms. The molecule has 4 nitrogen and oxygen atoms in total. The second-order valence-corrected chi connectivity index (χ2v) is 6.80. The summed E-state index contributed by atoms with van der Waals surface area (Å²) in [5.41, 5.74) is 5.25. The number of benzene rings is 1. The fraction of sp³-hybridized carbons (Fsp3) is 0.400. The van der Waals surface area contributed by atoms with Gasteiger partial charge in [0.2, 0.25) is 5.56 Å². The molecule has 2 heterocycles. The lowest BCUT2D eigenvalue weighted by molar-refractivity contribution is 0.0712. The van der Waals surface area contributed by atoms with Crippen LogP contribution in [0.15, 0.2) is 35.3 Å². The van der Waals surface area contributed by atoms with Crippen LogP contribution in [-0.4, -0.2) is 28.9 Å². The standard InChI is InChI=1S/C20H24N2O2/c1-13-10-15(3)18(11-14(13)2)20(24)22-8-5-16(6-9-22)17-4-7-21-19(23)12-17/h4,7,10-12,16H,5-6,8-9H2,1-3H3,(H,21,23). The highest BCUT2D eigenvalue weighted by Crippen LogP contribution is 2.28. The summed E-state index contributed by atoms with van der Waals surface area (Å²) in [4.78, 5) is 28.9. The first-order valence-corrected chi connectivity index (χ1v) is 8.51. The highest BCUT2D eigenvalue weighted by molar-refractivity contribution is 5.96. The van der Waals surface area contributed by atoms with Crippen molar-refractivity contribution < 1.29 is 4.79 Å². The molecule has 24 heavy (non-hydrogen) atoms. The number of hydrogen-bond donors (Lipinski definition) is 1. The summed E-state index contributed by atoms with van der Waals surface area (Å²) < 4.78 is 0. The second-order valence-electron chi connectivity index (χ2n) is 6.80. The SMILES string of the molecule is Cc1cc(C)c(C(=O)N2CCC(c3cc[nH]c(=O)c3)CC2)cc1C. The predicted octanol–water partition coefficient (Wildman–Crippen LogP) is 3.32. The predicted molar refractivity (Wildman–Crippen MR) is 95.6 cm³/mol. The molecular formula is C20H24N2O2. The number of amides is 1. The number of nitrogens with one attached hydrogen (secondary N) is 1. The number of aromatic nitrogens is 1. The molecule has 1 amide bonds. The number of carbonyl (C=O) groups is 1. The number of carbonyl (C=O) groups excluding carboxylic acids is 1. The average Bonchev–Trinajstić information content (AvgIpc) is 2.58. The first kappa shape index (κ1) is 16.5. The number of hydrogen-bond acceptors (Lipinski definition) is 2. The fourth-order valence-corrected chi connectivity index (χ4v) is 3.49. The molecular weight excluding hydrogens is 300 g/mol. The molecule has 1 aromatic carbocycles. The third-order valence-corrected chi connectivity index (χ3v) is 5.12. The lowest BCUT2D eigenvalue weighted by atomic mass is 9.89. The van der Waals surface area contributed by atoms with E-state index in [1.807, 2.05) is 30.9 Å². The molecule has 3 rings (SSSR count). The van der Waals surface area contributed by atoms with Crippen LogP contribution in [0.3, 0.4) is 0 Å². The molecule has 0 unspecified atom stereocenters. The molecule has 4 heteroatoms. The Bertz CT molecular complexity index is 815. The van der Waals surface area contributed by atoms with E-state index in [0.717, 1.165) is 48.2 Å². The van der Waals surface area contributed by atoms with Crippen molar-refractivity contribution in [3.8, 4) is 0 Å². The Kier molecular flexibility index (Phi) is 4.56. The summed E-state index contributed by atoms with van der Waals surface area (Å²) >= 11 is 0. The van der Waals surface area contributed by atoms with Gasteiger partial charge in [-0.2, -0.15) is 0 Å². The third-order valence-electron chi connectivity index (χ3n) is 5.12. The number of piperidine rings is 1. The van der Waals surface area contributed by atoms with Crippen molar-refractivity contribution >= 4 is 5.91 Å². The van der Waals surface area contributed by atoms with Crippen LogP contribution < -0.4 is 5.56 Å². The molecule has 0 saturated carbocycles. The van der Waals surface area contributed by atoms with E-state index in [2.05, 4.69) is 18.0 Å². The van der Waals surface area contributed by atoms with Gasteiger partial charge in [-0.1, -0.05) is 6.07 Å². The molecule has 1 aromatic heterocycles. The molecule has 1 N–H and O–H groups in total. The summed E-state index contributed by atoms with van der Waals surface area (Å²) in [7, 11) is 0. The van der Waals surface area contributed by atoms with Crippen molar-refractivity contribution in [1.29, 1.82) is 0 Å². The number of aryl methyl sites for hydroxylation is 3. The lowest BCUT2D eigenvalue weighted by Crippen LogP contribution is -2.38. The summed E-state index contributed by atoms with van der Waals surface area (Å²) in [6.07, 6.45) is 3.51. The van der Waals surface area contributed by atoms with E-state index in [9.17, 15) is 9.59 Å². The minimum absolute atomic E-state index is 0.0586. The Labute approximate surface area is 142 Å². The highest BCUT2D eigenvalue weighted by atomic mass is 16.2. The van der Waals surface area contributed by atoms with Crippen LogP contribution in [0.2, 0.25) is 0 Å². The van der Waals surface area contributed by atoms with E-state index in [-0.39, 0.29) is 11.5 Å². The molecule has 2 aromatic rings. The highest BCUT2D eigenvalue weighted by Gasteiger charge is 2.25. The van der Waals surface area contributed by atoms with Gasteiger partial charge >= 0.3 is 0 Å². The maximum Gasteiger partial charge on any atom is 0.254 e. The van der Waals surface area contributed by atoms with Gasteiger partial charge in [0.1, 0.15) is 0 Å². The van der Waals surface area contributed by atoms with Gasteiger partial charge in [0.25, 0.3) is 5.91 Å². The van der Waals surface area contributed by atoms with Crippen LogP contribution in [0.4, 0.5) is 0 Å². The first-order valence-electron chi connectivity index (χ1n) is 8.51. The first-order chi connectivity index (χ1) is 11.5. The second kappa shape index (κ2) is 6.63. The van der Waals surface area contributed by atoms with Gasteiger partial charge < -0.3 is 9.88 Å². The molecule has 1 aliphatic rings. The van der Waals surface area contributed by atoms with Gasteiger partial charge in [0.05, 0.1) is 0 Å². The van der Waals surface area contributed by atoms with E-state index in [1.165, 1.54) is 5.56 Å². The van der Waals surface area contributed by atoms with Crippen molar-refractivity contribution in [2.24, 2.45) is 0 Å². The van der Waals surface area contributed by atoms with Crippen molar-refractivity contribution in [2.75, 3.05) is 13.1 Å². The molecule has 0 aliphatic carbocycles. The smallest absolute Gasteiger partial charge is 0.254 e. The molecule has 126 valence electrons. The fourth-order valence-electron chi connectivity index (χ4n) is 3.49. The maximum absolute atomic E-state index is 12.9. The zero-order chi connectivity index (χ0) is 17.3. The summed E-state index contributed by atoms with van der Waals surface area (Å²) in [5.74, 6) is 0.483. The van der Waals surface area contributed by atoms with Crippen molar-refractivity contribution in [1.82, 2.24) is 9.88 Å². The Morgan fingerprint density at radius 2 is 1.71 bits per heavy atom. The van der Waals surface area contributed by atoms with Crippen LogP contribution in [0.25, 0.3) is 0 Å². The quantitative estimate of drug-likeness (QED) is 0.921. The van der Waals surface area contributed by atoms with Gasteiger partial charge in [-0.25, -0.2) is 0 Å². The van der Waals surface area contributed by atoms with Gasteiger partial charge in [0.15, 0.2) is 0 Å². The minimum Gasteiger partial charge on any atom is -0.339 e. The van der Waals surface area contributed by atoms with Crippen LogP contribution in [0, 0.1) is 20.8 Å². The summed E-state index contributed by atoms with van der Waals surface area (Å²) in [5, 5.41) is 0. The molecule has 1 aliphatic heterocycles. The Morgan fingerprint density at radius 3 is 2.38 bits per heavy atom. The van der Waals surface area contributed by atoms with Crippen molar-refractivity contribution in [3.63, 3.8) is 0 Å². The van der Waals surface area contributed by atoms with E-state index in [1.54, 1.807) is 12.3 Å². The number of nitrogens with zero attached hydrogens (tertiary/aromatic N) is 1. The van der Waals surface area contributed by atoms with Gasteiger partial charge in [-0.15, -0.1) is 0 Å². The molecule has 1 saturated heterocycles. The monoisotopic (exact) mass is 324 g/mol. The van der Waals surface area contributed by atoms with Gasteiger partial charge in [-0.05, 0) is 73.9 Å². The van der Waals surface area contributed by atoms with Gasteiger partial charge in [0, 0.05) is 30.9 Å². The van der Waals surface area contributed by atoms with E-state index >= 15 is 0 Å². The average molecular weight is 324 g/mol. The Morgan fingerprint density at radius 1 is 1.04 bits per heavy atom. The zero-order valence-electron chi connectivity index (χ0n) is 14.6. The maximum atomic E-state index is 12.9. The number of rotatable bonds is 2. The van der Waals surface area contributed by atoms with E-state index in [0.29, 0.717) is 5.92 Å². The number of aromatic amines is 1. The third kappa shape index (κ3) is 3.28. The largest absolute Gasteiger partial charge is 0.339 e. The summed E-state index contributed by atoms with van der Waals surface area (Å²) in [6, 6.07) is 7.74. The Hall–Kier alpha value is -2.36. The summed E-state index contributed by atoms with van der Waals surface area (Å²) in [6.45, 7) is 7.60. The normalized spacial score (nSPS) is 15.5. The van der Waals surface area contributed by atoms with Crippen LogP contribution in [0.5, 0.6) is 0 Å². The number of H-pyrrole nitrogens is 1.